The number of amides is 1. The molecule has 0 saturated carbocycles. The van der Waals surface area contributed by atoms with Gasteiger partial charge in [0.25, 0.3) is 5.89 Å². The van der Waals surface area contributed by atoms with Crippen LogP contribution in [0, 0.1) is 0 Å². The van der Waals surface area contributed by atoms with Gasteiger partial charge in [-0.2, -0.15) is 4.68 Å². The molecule has 0 aliphatic heterocycles. The van der Waals surface area contributed by atoms with Gasteiger partial charge in [0.05, 0.1) is 11.4 Å². The maximum Gasteiger partial charge on any atom is 0.437 e. The minimum atomic E-state index is -0.648. The van der Waals surface area contributed by atoms with E-state index >= 15 is 0 Å². The van der Waals surface area contributed by atoms with E-state index < -0.39 is 5.76 Å². The number of hydrogen-bond acceptors (Lipinski definition) is 6. The fraction of sp³-hybridized carbons (Fsp3) is 0.235. The van der Waals surface area contributed by atoms with Crippen molar-refractivity contribution in [3.63, 3.8) is 0 Å². The second-order valence-corrected chi connectivity index (χ2v) is 6.23. The van der Waals surface area contributed by atoms with Gasteiger partial charge in [0.15, 0.2) is 0 Å². The Morgan fingerprint density at radius 3 is 2.80 bits per heavy atom. The third kappa shape index (κ3) is 4.36. The van der Waals surface area contributed by atoms with Crippen molar-refractivity contribution in [2.45, 2.75) is 6.54 Å². The van der Waals surface area contributed by atoms with E-state index in [1.165, 1.54) is 16.2 Å². The van der Waals surface area contributed by atoms with E-state index in [1.54, 1.807) is 13.1 Å². The summed E-state index contributed by atoms with van der Waals surface area (Å²) in [7, 11) is 1.65. The zero-order valence-electron chi connectivity index (χ0n) is 13.6. The van der Waals surface area contributed by atoms with Crippen LogP contribution in [0.5, 0.6) is 5.75 Å². The lowest BCUT2D eigenvalue weighted by molar-refractivity contribution is -0.131. The minimum absolute atomic E-state index is 0.171. The first-order valence-corrected chi connectivity index (χ1v) is 8.55. The molecular formula is C17H17N3O4S. The summed E-state index contributed by atoms with van der Waals surface area (Å²) in [6, 6.07) is 13.0. The third-order valence-corrected chi connectivity index (χ3v) is 4.35. The zero-order valence-corrected chi connectivity index (χ0v) is 14.4. The SMILES string of the molecule is CN(CCOc1ccccc1)C(=O)Cn1nc(-c2cccs2)oc1=O. The lowest BCUT2D eigenvalue weighted by Gasteiger charge is -2.17. The van der Waals surface area contributed by atoms with Crippen LogP contribution in [0.1, 0.15) is 0 Å². The Morgan fingerprint density at radius 2 is 2.08 bits per heavy atom. The van der Waals surface area contributed by atoms with E-state index in [9.17, 15) is 9.59 Å². The molecule has 2 heterocycles. The zero-order chi connectivity index (χ0) is 17.6. The van der Waals surface area contributed by atoms with Crippen LogP contribution >= 0.6 is 11.3 Å². The molecule has 0 fully saturated rings. The molecule has 2 aromatic heterocycles. The lowest BCUT2D eigenvalue weighted by Crippen LogP contribution is -2.35. The van der Waals surface area contributed by atoms with Gasteiger partial charge in [-0.1, -0.05) is 24.3 Å². The van der Waals surface area contributed by atoms with Crippen molar-refractivity contribution in [3.8, 4) is 16.5 Å². The number of aromatic nitrogens is 2. The normalized spacial score (nSPS) is 10.6. The molecule has 0 radical (unpaired) electrons. The largest absolute Gasteiger partial charge is 0.492 e. The van der Waals surface area contributed by atoms with Crippen molar-refractivity contribution in [2.75, 3.05) is 20.2 Å². The molecule has 1 amide bonds. The molecule has 130 valence electrons. The Balaban J connectivity index is 1.54. The van der Waals surface area contributed by atoms with Crippen molar-refractivity contribution in [3.05, 3.63) is 58.4 Å². The van der Waals surface area contributed by atoms with E-state index in [4.69, 9.17) is 9.15 Å². The molecule has 0 bridgehead atoms. The molecule has 0 spiro atoms. The van der Waals surface area contributed by atoms with Crippen molar-refractivity contribution in [1.82, 2.24) is 14.7 Å². The Labute approximate surface area is 148 Å². The van der Waals surface area contributed by atoms with Gasteiger partial charge in [0, 0.05) is 7.05 Å². The predicted octanol–water partition coefficient (Wildman–Crippen LogP) is 2.10. The fourth-order valence-corrected chi connectivity index (χ4v) is 2.74. The van der Waals surface area contributed by atoms with Crippen LogP contribution in [0.2, 0.25) is 0 Å². The van der Waals surface area contributed by atoms with Crippen LogP contribution in [0.25, 0.3) is 10.8 Å². The molecule has 0 unspecified atom stereocenters. The highest BCUT2D eigenvalue weighted by molar-refractivity contribution is 7.13. The lowest BCUT2D eigenvalue weighted by atomic mass is 10.3. The van der Waals surface area contributed by atoms with Gasteiger partial charge in [-0.05, 0) is 23.6 Å². The number of para-hydroxylation sites is 1. The standard InChI is InChI=1S/C17H17N3O4S/c1-19(9-10-23-13-6-3-2-4-7-13)15(21)12-20-17(22)24-16(18-20)14-8-5-11-25-14/h2-8,11H,9-10,12H2,1H3. The second kappa shape index (κ2) is 7.80. The predicted molar refractivity (Wildman–Crippen MR) is 93.7 cm³/mol. The van der Waals surface area contributed by atoms with Crippen LogP contribution in [-0.4, -0.2) is 40.8 Å². The highest BCUT2D eigenvalue weighted by atomic mass is 32.1. The van der Waals surface area contributed by atoms with Gasteiger partial charge in [-0.15, -0.1) is 16.4 Å². The summed E-state index contributed by atoms with van der Waals surface area (Å²) in [6.45, 7) is 0.591. The Kier molecular flexibility index (Phi) is 5.30. The quantitative estimate of drug-likeness (QED) is 0.646. The summed E-state index contributed by atoms with van der Waals surface area (Å²) in [5.74, 6) is 0.0787. The van der Waals surface area contributed by atoms with E-state index in [1.807, 2.05) is 41.8 Å². The average Bonchev–Trinajstić information content (AvgIpc) is 3.26. The average molecular weight is 359 g/mol. The van der Waals surface area contributed by atoms with Crippen LogP contribution in [-0.2, 0) is 11.3 Å². The number of likely N-dealkylation sites (N-methyl/N-ethyl adjacent to an activating group) is 1. The van der Waals surface area contributed by atoms with E-state index in [0.29, 0.717) is 13.2 Å². The number of nitrogens with zero attached hydrogens (tertiary/aromatic N) is 3. The monoisotopic (exact) mass is 359 g/mol. The van der Waals surface area contributed by atoms with Crippen LogP contribution in [0.15, 0.2) is 57.1 Å². The van der Waals surface area contributed by atoms with Gasteiger partial charge in [-0.25, -0.2) is 4.79 Å². The van der Waals surface area contributed by atoms with Gasteiger partial charge >= 0.3 is 5.76 Å². The first-order valence-electron chi connectivity index (χ1n) is 7.67. The number of carbonyl (C=O) groups is 1. The molecular weight excluding hydrogens is 342 g/mol. The van der Waals surface area contributed by atoms with Gasteiger partial charge in [-0.3, -0.25) is 4.79 Å². The summed E-state index contributed by atoms with van der Waals surface area (Å²) < 4.78 is 11.7. The smallest absolute Gasteiger partial charge is 0.437 e. The molecule has 0 aliphatic rings. The summed E-state index contributed by atoms with van der Waals surface area (Å²) in [6.07, 6.45) is 0. The molecule has 1 aromatic carbocycles. The Bertz CT molecular complexity index is 871. The number of carbonyl (C=O) groups excluding carboxylic acids is 1. The minimum Gasteiger partial charge on any atom is -0.492 e. The highest BCUT2D eigenvalue weighted by Crippen LogP contribution is 2.20. The maximum atomic E-state index is 12.2. The van der Waals surface area contributed by atoms with Gasteiger partial charge in [0.2, 0.25) is 5.91 Å². The maximum absolute atomic E-state index is 12.2. The molecule has 3 aromatic rings. The summed E-state index contributed by atoms with van der Waals surface area (Å²) in [5, 5.41) is 5.93. The second-order valence-electron chi connectivity index (χ2n) is 5.28. The number of rotatable bonds is 7. The van der Waals surface area contributed by atoms with Crippen LogP contribution in [0.3, 0.4) is 0 Å². The Morgan fingerprint density at radius 1 is 1.28 bits per heavy atom. The van der Waals surface area contributed by atoms with Crippen molar-refractivity contribution in [2.24, 2.45) is 0 Å². The third-order valence-electron chi connectivity index (χ3n) is 3.49. The fourth-order valence-electron chi connectivity index (χ4n) is 2.10. The summed E-state index contributed by atoms with van der Waals surface area (Å²) in [5.41, 5.74) is 0. The van der Waals surface area contributed by atoms with Crippen molar-refractivity contribution < 1.29 is 13.9 Å². The van der Waals surface area contributed by atoms with E-state index in [-0.39, 0.29) is 18.3 Å². The van der Waals surface area contributed by atoms with Gasteiger partial charge in [0.1, 0.15) is 18.9 Å². The molecule has 0 atom stereocenters. The molecule has 0 saturated heterocycles. The van der Waals surface area contributed by atoms with E-state index in [2.05, 4.69) is 5.10 Å². The van der Waals surface area contributed by atoms with Crippen LogP contribution < -0.4 is 10.5 Å². The van der Waals surface area contributed by atoms with Crippen LogP contribution in [0.4, 0.5) is 0 Å². The number of benzene rings is 1. The number of thiophene rings is 1. The molecule has 7 nitrogen and oxygen atoms in total. The molecule has 0 N–H and O–H groups in total. The van der Waals surface area contributed by atoms with E-state index in [0.717, 1.165) is 15.3 Å². The molecule has 0 aliphatic carbocycles. The Hall–Kier alpha value is -2.87. The number of ether oxygens (including phenoxy) is 1. The highest BCUT2D eigenvalue weighted by Gasteiger charge is 2.16. The summed E-state index contributed by atoms with van der Waals surface area (Å²) >= 11 is 1.41. The topological polar surface area (TPSA) is 77.6 Å². The van der Waals surface area contributed by atoms with Crippen molar-refractivity contribution in [1.29, 1.82) is 0 Å². The molecule has 3 rings (SSSR count). The number of hydrogen-bond donors (Lipinski definition) is 0. The summed E-state index contributed by atoms with van der Waals surface area (Å²) in [4.78, 5) is 26.3. The first-order chi connectivity index (χ1) is 12.1. The molecule has 25 heavy (non-hydrogen) atoms. The first kappa shape index (κ1) is 17.0. The van der Waals surface area contributed by atoms with Gasteiger partial charge < -0.3 is 14.1 Å². The molecule has 8 heteroatoms. The van der Waals surface area contributed by atoms with Crippen molar-refractivity contribution >= 4 is 17.2 Å².